The molecule has 4 aromatic carbocycles. The van der Waals surface area contributed by atoms with Gasteiger partial charge in [-0.1, -0.05) is 18.2 Å². The lowest BCUT2D eigenvalue weighted by Gasteiger charge is -2.38. The molecule has 0 bridgehead atoms. The number of carbonyl (C=O) groups is 1. The van der Waals surface area contributed by atoms with Crippen molar-refractivity contribution < 1.29 is 28.5 Å². The van der Waals surface area contributed by atoms with Gasteiger partial charge in [0, 0.05) is 37.3 Å². The standard InChI is InChI=1S/C36H36N2O6/c1-21-6-11-28(40-4)29(16-21)42-25-9-7-22(8-10-25)17-27-33-24(13-14-37(27)2)19-32(41-5)34-35(33)44-31-20-26-23(18-30(31)43-34)12-15-38(3)36(26)39/h6-11,16,18-20,27H,12-15,17H2,1-5H3/t27-/m0/s1. The maximum Gasteiger partial charge on any atom is 0.254 e. The second-order valence-corrected chi connectivity index (χ2v) is 11.8. The van der Waals surface area contributed by atoms with Crippen LogP contribution in [0.4, 0.5) is 0 Å². The van der Waals surface area contributed by atoms with Crippen molar-refractivity contribution in [1.82, 2.24) is 9.80 Å². The predicted molar refractivity (Wildman–Crippen MR) is 167 cm³/mol. The average Bonchev–Trinajstić information content (AvgIpc) is 3.03. The third-order valence-electron chi connectivity index (χ3n) is 8.93. The van der Waals surface area contributed by atoms with E-state index >= 15 is 0 Å². The van der Waals surface area contributed by atoms with Gasteiger partial charge in [0.25, 0.3) is 5.91 Å². The SMILES string of the molecule is COc1ccc(C)cc1Oc1ccc(C[C@H]2c3c(cc(OC)c4c3Oc3cc5c(cc3O4)CCN(C)C5=O)CCN2C)cc1. The highest BCUT2D eigenvalue weighted by Crippen LogP contribution is 2.56. The fourth-order valence-electron chi connectivity index (χ4n) is 6.42. The van der Waals surface area contributed by atoms with Crippen molar-refractivity contribution in [3.05, 3.63) is 94.0 Å². The summed E-state index contributed by atoms with van der Waals surface area (Å²) in [6.45, 7) is 3.61. The summed E-state index contributed by atoms with van der Waals surface area (Å²) in [4.78, 5) is 17.0. The lowest BCUT2D eigenvalue weighted by atomic mass is 9.87. The summed E-state index contributed by atoms with van der Waals surface area (Å²) in [7, 11) is 7.28. The monoisotopic (exact) mass is 592 g/mol. The Morgan fingerprint density at radius 3 is 2.30 bits per heavy atom. The van der Waals surface area contributed by atoms with Crippen LogP contribution in [-0.2, 0) is 19.3 Å². The number of methoxy groups -OCH3 is 2. The minimum atomic E-state index is 0.00185. The van der Waals surface area contributed by atoms with E-state index in [4.69, 9.17) is 23.7 Å². The molecule has 0 saturated heterocycles. The smallest absolute Gasteiger partial charge is 0.254 e. The molecule has 3 heterocycles. The molecular weight excluding hydrogens is 556 g/mol. The number of nitrogens with zero attached hydrogens (tertiary/aromatic N) is 2. The molecule has 226 valence electrons. The van der Waals surface area contributed by atoms with Crippen LogP contribution in [0.25, 0.3) is 0 Å². The molecule has 44 heavy (non-hydrogen) atoms. The number of carbonyl (C=O) groups excluding carboxylic acids is 1. The van der Waals surface area contributed by atoms with Crippen LogP contribution in [0, 0.1) is 6.92 Å². The van der Waals surface area contributed by atoms with Crippen molar-refractivity contribution in [3.8, 4) is 46.0 Å². The van der Waals surface area contributed by atoms with E-state index in [1.807, 2.05) is 56.4 Å². The Bertz CT molecular complexity index is 1770. The van der Waals surface area contributed by atoms with Gasteiger partial charge < -0.3 is 28.6 Å². The van der Waals surface area contributed by atoms with Gasteiger partial charge in [-0.15, -0.1) is 0 Å². The quantitative estimate of drug-likeness (QED) is 0.208. The molecule has 4 aromatic rings. The van der Waals surface area contributed by atoms with E-state index in [0.717, 1.165) is 48.2 Å². The molecule has 0 fully saturated rings. The molecule has 0 aliphatic carbocycles. The lowest BCUT2D eigenvalue weighted by molar-refractivity contribution is 0.0780. The zero-order valence-electron chi connectivity index (χ0n) is 25.7. The van der Waals surface area contributed by atoms with Crippen LogP contribution in [0.3, 0.4) is 0 Å². The van der Waals surface area contributed by atoms with E-state index in [2.05, 4.69) is 30.1 Å². The molecule has 3 aliphatic rings. The number of amides is 1. The van der Waals surface area contributed by atoms with Gasteiger partial charge >= 0.3 is 0 Å². The van der Waals surface area contributed by atoms with Crippen molar-refractivity contribution >= 4 is 5.91 Å². The molecular formula is C36H36N2O6. The zero-order chi connectivity index (χ0) is 30.5. The van der Waals surface area contributed by atoms with Crippen LogP contribution in [0.1, 0.15) is 44.2 Å². The summed E-state index contributed by atoms with van der Waals surface area (Å²) in [5.41, 5.74) is 6.18. The number of benzene rings is 4. The van der Waals surface area contributed by atoms with Crippen LogP contribution < -0.4 is 23.7 Å². The molecule has 0 N–H and O–H groups in total. The largest absolute Gasteiger partial charge is 0.493 e. The molecule has 0 aromatic heterocycles. The number of rotatable bonds is 6. The Kier molecular flexibility index (Phi) is 7.09. The molecule has 0 radical (unpaired) electrons. The Morgan fingerprint density at radius 2 is 1.52 bits per heavy atom. The predicted octanol–water partition coefficient (Wildman–Crippen LogP) is 7.10. The fourth-order valence-corrected chi connectivity index (χ4v) is 6.42. The number of hydrogen-bond donors (Lipinski definition) is 0. The Labute approximate surface area is 257 Å². The Hall–Kier alpha value is -4.69. The topological polar surface area (TPSA) is 69.7 Å². The first-order chi connectivity index (χ1) is 21.3. The van der Waals surface area contributed by atoms with E-state index in [0.29, 0.717) is 52.4 Å². The van der Waals surface area contributed by atoms with Crippen LogP contribution in [0.2, 0.25) is 0 Å². The molecule has 0 spiro atoms. The van der Waals surface area contributed by atoms with Crippen LogP contribution in [0.15, 0.2) is 60.7 Å². The Balaban J connectivity index is 1.21. The summed E-state index contributed by atoms with van der Waals surface area (Å²) < 4.78 is 30.6. The Morgan fingerprint density at radius 1 is 0.795 bits per heavy atom. The van der Waals surface area contributed by atoms with Crippen molar-refractivity contribution in [1.29, 1.82) is 0 Å². The number of hydrogen-bond acceptors (Lipinski definition) is 7. The highest BCUT2D eigenvalue weighted by Gasteiger charge is 2.36. The highest BCUT2D eigenvalue weighted by molar-refractivity contribution is 5.97. The van der Waals surface area contributed by atoms with E-state index < -0.39 is 0 Å². The lowest BCUT2D eigenvalue weighted by Crippen LogP contribution is -2.34. The molecule has 3 aliphatic heterocycles. The number of fused-ring (bicyclic) bond motifs is 5. The highest BCUT2D eigenvalue weighted by atomic mass is 16.6. The molecule has 8 nitrogen and oxygen atoms in total. The van der Waals surface area contributed by atoms with Gasteiger partial charge in [0.1, 0.15) is 5.75 Å². The molecule has 0 unspecified atom stereocenters. The minimum Gasteiger partial charge on any atom is -0.493 e. The molecule has 8 heteroatoms. The maximum atomic E-state index is 12.9. The summed E-state index contributed by atoms with van der Waals surface area (Å²) in [6.07, 6.45) is 2.40. The number of likely N-dealkylation sites (N-methyl/N-ethyl adjacent to an activating group) is 2. The van der Waals surface area contributed by atoms with E-state index in [-0.39, 0.29) is 11.9 Å². The fraction of sp³-hybridized carbons (Fsp3) is 0.306. The van der Waals surface area contributed by atoms with Crippen LogP contribution >= 0.6 is 0 Å². The van der Waals surface area contributed by atoms with Gasteiger partial charge in [0.15, 0.2) is 34.5 Å². The number of ether oxygens (including phenoxy) is 5. The second-order valence-electron chi connectivity index (χ2n) is 11.8. The summed E-state index contributed by atoms with van der Waals surface area (Å²) in [5, 5.41) is 0. The second kappa shape index (κ2) is 11.1. The normalized spacial score (nSPS) is 17.0. The third-order valence-corrected chi connectivity index (χ3v) is 8.93. The summed E-state index contributed by atoms with van der Waals surface area (Å²) >= 11 is 0. The van der Waals surface area contributed by atoms with E-state index in [9.17, 15) is 4.79 Å². The molecule has 7 rings (SSSR count). The maximum absolute atomic E-state index is 12.9. The van der Waals surface area contributed by atoms with Crippen LogP contribution in [0.5, 0.6) is 46.0 Å². The van der Waals surface area contributed by atoms with Crippen LogP contribution in [-0.4, -0.2) is 57.1 Å². The molecule has 1 amide bonds. The first-order valence-corrected chi connectivity index (χ1v) is 15.0. The van der Waals surface area contributed by atoms with Gasteiger partial charge in [-0.05, 0) is 98.0 Å². The van der Waals surface area contributed by atoms with Gasteiger partial charge in [0.2, 0.25) is 5.75 Å². The van der Waals surface area contributed by atoms with Gasteiger partial charge in [-0.2, -0.15) is 0 Å². The van der Waals surface area contributed by atoms with Crippen molar-refractivity contribution in [2.75, 3.05) is 41.4 Å². The van der Waals surface area contributed by atoms with Gasteiger partial charge in [-0.25, -0.2) is 0 Å². The molecule has 1 atom stereocenters. The first kappa shape index (κ1) is 28.1. The summed E-state index contributed by atoms with van der Waals surface area (Å²) in [6, 6.07) is 20.0. The third kappa shape index (κ3) is 4.89. The van der Waals surface area contributed by atoms with Gasteiger partial charge in [0.05, 0.1) is 14.2 Å². The molecule has 0 saturated carbocycles. The van der Waals surface area contributed by atoms with Crippen molar-refractivity contribution in [2.45, 2.75) is 32.2 Å². The van der Waals surface area contributed by atoms with E-state index in [1.54, 1.807) is 19.1 Å². The van der Waals surface area contributed by atoms with Gasteiger partial charge in [-0.3, -0.25) is 9.69 Å². The minimum absolute atomic E-state index is 0.00185. The average molecular weight is 593 g/mol. The van der Waals surface area contributed by atoms with Crippen molar-refractivity contribution in [3.63, 3.8) is 0 Å². The van der Waals surface area contributed by atoms with E-state index in [1.165, 1.54) is 11.1 Å². The zero-order valence-corrected chi connectivity index (χ0v) is 25.7. The summed E-state index contributed by atoms with van der Waals surface area (Å²) in [5.74, 6) is 5.17. The number of aryl methyl sites for hydroxylation is 1. The van der Waals surface area contributed by atoms with Crippen molar-refractivity contribution in [2.24, 2.45) is 0 Å². The first-order valence-electron chi connectivity index (χ1n) is 15.0.